The largest absolute Gasteiger partial charge is 0.382 e. The minimum atomic E-state index is -0.170. The van der Waals surface area contributed by atoms with Gasteiger partial charge in [0.05, 0.1) is 6.20 Å². The Balaban J connectivity index is 2.73. The van der Waals surface area contributed by atoms with E-state index < -0.39 is 0 Å². The molecule has 0 radical (unpaired) electrons. The van der Waals surface area contributed by atoms with Gasteiger partial charge in [-0.2, -0.15) is 0 Å². The minimum absolute atomic E-state index is 0.170. The van der Waals surface area contributed by atoms with Crippen LogP contribution in [0.3, 0.4) is 0 Å². The molecule has 15 heavy (non-hydrogen) atoms. The van der Waals surface area contributed by atoms with Crippen LogP contribution in [-0.4, -0.2) is 19.9 Å². The van der Waals surface area contributed by atoms with Gasteiger partial charge < -0.3 is 11.5 Å². The van der Waals surface area contributed by atoms with Gasteiger partial charge in [0.2, 0.25) is 0 Å². The fraction of sp³-hybridized carbons (Fsp3) is 0.143. The number of hydrogen-bond donors (Lipinski definition) is 2. The summed E-state index contributed by atoms with van der Waals surface area (Å²) in [4.78, 5) is 16.3. The fourth-order valence-corrected chi connectivity index (χ4v) is 1.47. The number of nitrogen functional groups attached to an aromatic ring is 2. The molecule has 0 spiro atoms. The van der Waals surface area contributed by atoms with Gasteiger partial charge in [-0.3, -0.25) is 0 Å². The lowest BCUT2D eigenvalue weighted by molar-refractivity contribution is 1.05. The molecule has 0 bridgehead atoms. The zero-order chi connectivity index (χ0) is 11.0. The Morgan fingerprint density at radius 1 is 1.13 bits per heavy atom. The second kappa shape index (κ2) is 3.86. The molecule has 0 aliphatic rings. The molecule has 0 aromatic carbocycles. The molecular formula is C7H6Br2N6. The van der Waals surface area contributed by atoms with E-state index in [-0.39, 0.29) is 9.55 Å². The molecular weight excluding hydrogens is 328 g/mol. The van der Waals surface area contributed by atoms with E-state index in [1.54, 1.807) is 0 Å². The predicted octanol–water partition coefficient (Wildman–Crippen LogP) is 1.37. The van der Waals surface area contributed by atoms with Gasteiger partial charge >= 0.3 is 0 Å². The third-order valence-electron chi connectivity index (χ3n) is 1.67. The number of anilines is 2. The van der Waals surface area contributed by atoms with Crippen LogP contribution in [0, 0.1) is 0 Å². The SMILES string of the molecule is Nc1cnc2nc(C(Br)Br)nc(N)c2n1. The van der Waals surface area contributed by atoms with Gasteiger partial charge in [-0.1, -0.05) is 31.9 Å². The maximum absolute atomic E-state index is 5.71. The molecule has 8 heteroatoms. The topological polar surface area (TPSA) is 104 Å². The summed E-state index contributed by atoms with van der Waals surface area (Å²) in [5.74, 6) is 1.05. The highest BCUT2D eigenvalue weighted by Gasteiger charge is 2.12. The maximum atomic E-state index is 5.71. The van der Waals surface area contributed by atoms with Crippen LogP contribution in [0.4, 0.5) is 11.6 Å². The van der Waals surface area contributed by atoms with Gasteiger partial charge in [-0.15, -0.1) is 0 Å². The molecule has 0 atom stereocenters. The van der Waals surface area contributed by atoms with E-state index in [0.29, 0.717) is 22.8 Å². The summed E-state index contributed by atoms with van der Waals surface area (Å²) in [6.07, 6.45) is 1.43. The van der Waals surface area contributed by atoms with Crippen molar-refractivity contribution in [2.24, 2.45) is 0 Å². The number of alkyl halides is 2. The first-order valence-electron chi connectivity index (χ1n) is 3.91. The standard InChI is InChI=1S/C7H6Br2N6/c8-4(9)7-14-5(11)3-6(15-7)12-1-2(10)13-3/h1,4H,(H2,10,13)(H2,11,12,14,15). The van der Waals surface area contributed by atoms with Crippen molar-refractivity contribution in [3.8, 4) is 0 Å². The summed E-state index contributed by atoms with van der Waals surface area (Å²) in [5.41, 5.74) is 12.0. The number of halogens is 2. The fourth-order valence-electron chi connectivity index (χ4n) is 1.06. The summed E-state index contributed by atoms with van der Waals surface area (Å²) in [6.45, 7) is 0. The van der Waals surface area contributed by atoms with Crippen LogP contribution in [0.15, 0.2) is 6.20 Å². The molecule has 0 unspecified atom stereocenters. The number of nitrogens with two attached hydrogens (primary N) is 2. The first-order chi connectivity index (χ1) is 7.08. The lowest BCUT2D eigenvalue weighted by atomic mass is 10.4. The normalized spacial score (nSPS) is 11.1. The second-order valence-corrected chi connectivity index (χ2v) is 5.79. The van der Waals surface area contributed by atoms with Crippen LogP contribution in [0.25, 0.3) is 11.2 Å². The summed E-state index contributed by atoms with van der Waals surface area (Å²) in [5, 5.41) is 0. The van der Waals surface area contributed by atoms with Crippen LogP contribution >= 0.6 is 31.9 Å². The van der Waals surface area contributed by atoms with E-state index in [0.717, 1.165) is 0 Å². The van der Waals surface area contributed by atoms with Gasteiger partial charge in [-0.05, 0) is 0 Å². The molecule has 2 aromatic rings. The quantitative estimate of drug-likeness (QED) is 0.764. The Kier molecular flexibility index (Phi) is 2.70. The first kappa shape index (κ1) is 10.5. The van der Waals surface area contributed by atoms with Gasteiger partial charge in [0.1, 0.15) is 9.55 Å². The molecule has 0 fully saturated rings. The van der Waals surface area contributed by atoms with E-state index in [2.05, 4.69) is 51.8 Å². The van der Waals surface area contributed by atoms with Crippen LogP contribution < -0.4 is 11.5 Å². The van der Waals surface area contributed by atoms with E-state index in [1.165, 1.54) is 6.20 Å². The highest BCUT2D eigenvalue weighted by atomic mass is 79.9. The minimum Gasteiger partial charge on any atom is -0.382 e. The van der Waals surface area contributed by atoms with Crippen LogP contribution in [0.5, 0.6) is 0 Å². The lowest BCUT2D eigenvalue weighted by Gasteiger charge is -2.04. The summed E-state index contributed by atoms with van der Waals surface area (Å²) in [6, 6.07) is 0. The van der Waals surface area contributed by atoms with E-state index >= 15 is 0 Å². The summed E-state index contributed by atoms with van der Waals surface area (Å²) < 4.78 is -0.170. The highest BCUT2D eigenvalue weighted by molar-refractivity contribution is 9.24. The molecule has 2 rings (SSSR count). The average Bonchev–Trinajstić information content (AvgIpc) is 2.18. The zero-order valence-corrected chi connectivity index (χ0v) is 10.5. The number of nitrogens with zero attached hydrogens (tertiary/aromatic N) is 4. The number of hydrogen-bond acceptors (Lipinski definition) is 6. The molecule has 0 saturated heterocycles. The molecule has 4 N–H and O–H groups in total. The third kappa shape index (κ3) is 2.00. The van der Waals surface area contributed by atoms with Crippen LogP contribution in [-0.2, 0) is 0 Å². The van der Waals surface area contributed by atoms with Gasteiger partial charge in [0, 0.05) is 0 Å². The van der Waals surface area contributed by atoms with Crippen LogP contribution in [0.1, 0.15) is 9.56 Å². The molecule has 78 valence electrons. The van der Waals surface area contributed by atoms with Crippen molar-refractivity contribution < 1.29 is 0 Å². The van der Waals surface area contributed by atoms with Gasteiger partial charge in [-0.25, -0.2) is 19.9 Å². The van der Waals surface area contributed by atoms with Crippen molar-refractivity contribution in [3.63, 3.8) is 0 Å². The number of rotatable bonds is 1. The average molecular weight is 334 g/mol. The molecule has 2 aromatic heterocycles. The molecule has 0 amide bonds. The molecule has 6 nitrogen and oxygen atoms in total. The zero-order valence-electron chi connectivity index (χ0n) is 7.35. The summed E-state index contributed by atoms with van der Waals surface area (Å²) in [7, 11) is 0. The van der Waals surface area contributed by atoms with Crippen molar-refractivity contribution in [1.29, 1.82) is 0 Å². The number of fused-ring (bicyclic) bond motifs is 1. The van der Waals surface area contributed by atoms with E-state index in [9.17, 15) is 0 Å². The first-order valence-corrected chi connectivity index (χ1v) is 5.75. The van der Waals surface area contributed by atoms with Crippen molar-refractivity contribution in [2.75, 3.05) is 11.5 Å². The Morgan fingerprint density at radius 3 is 2.53 bits per heavy atom. The predicted molar refractivity (Wildman–Crippen MR) is 64.5 cm³/mol. The Morgan fingerprint density at radius 2 is 1.87 bits per heavy atom. The molecule has 0 aliphatic carbocycles. The van der Waals surface area contributed by atoms with Gasteiger partial charge in [0.15, 0.2) is 22.8 Å². The second-order valence-electron chi connectivity index (χ2n) is 2.73. The number of aromatic nitrogens is 4. The van der Waals surface area contributed by atoms with Crippen molar-refractivity contribution in [2.45, 2.75) is 3.74 Å². The van der Waals surface area contributed by atoms with Gasteiger partial charge in [0.25, 0.3) is 0 Å². The smallest absolute Gasteiger partial charge is 0.184 e. The molecule has 0 aliphatic heterocycles. The van der Waals surface area contributed by atoms with Crippen LogP contribution in [0.2, 0.25) is 0 Å². The molecule has 0 saturated carbocycles. The molecule has 2 heterocycles. The van der Waals surface area contributed by atoms with E-state index in [1.807, 2.05) is 0 Å². The summed E-state index contributed by atoms with van der Waals surface area (Å²) >= 11 is 6.56. The van der Waals surface area contributed by atoms with E-state index in [4.69, 9.17) is 11.5 Å². The van der Waals surface area contributed by atoms with Crippen molar-refractivity contribution >= 4 is 54.7 Å². The lowest BCUT2D eigenvalue weighted by Crippen LogP contribution is -2.04. The highest BCUT2D eigenvalue weighted by Crippen LogP contribution is 2.28. The Bertz CT molecular complexity index is 514. The third-order valence-corrected chi connectivity index (χ3v) is 2.48. The Labute approximate surface area is 102 Å². The monoisotopic (exact) mass is 332 g/mol. The van der Waals surface area contributed by atoms with Crippen molar-refractivity contribution in [3.05, 3.63) is 12.0 Å². The maximum Gasteiger partial charge on any atom is 0.184 e. The van der Waals surface area contributed by atoms with Crippen molar-refractivity contribution in [1.82, 2.24) is 19.9 Å². The Hall–Kier alpha value is -1.02.